The predicted octanol–water partition coefficient (Wildman–Crippen LogP) is 0.338. The third-order valence-electron chi connectivity index (χ3n) is 3.44. The Hall–Kier alpha value is -1.34. The summed E-state index contributed by atoms with van der Waals surface area (Å²) < 4.78 is 0. The summed E-state index contributed by atoms with van der Waals surface area (Å²) in [4.78, 5) is 26.8. The molecule has 1 aliphatic heterocycles. The van der Waals surface area contributed by atoms with Gasteiger partial charge in [0.15, 0.2) is 0 Å². The molecule has 1 saturated heterocycles. The van der Waals surface area contributed by atoms with Gasteiger partial charge >= 0.3 is 12.0 Å². The number of urea groups is 1. The quantitative estimate of drug-likeness (QED) is 0.658. The predicted molar refractivity (Wildman–Crippen MR) is 79.2 cm³/mol. The first-order chi connectivity index (χ1) is 9.73. The van der Waals surface area contributed by atoms with Gasteiger partial charge in [0.25, 0.3) is 0 Å². The zero-order valence-corrected chi connectivity index (χ0v) is 13.1. The molecule has 0 spiro atoms. The molecule has 7 nitrogen and oxygen atoms in total. The van der Waals surface area contributed by atoms with E-state index in [9.17, 15) is 14.7 Å². The molecular formula is C14H27N3O4. The zero-order chi connectivity index (χ0) is 16.0. The number of aliphatic hydroxyl groups is 1. The van der Waals surface area contributed by atoms with Gasteiger partial charge in [-0.1, -0.05) is 13.3 Å². The molecule has 21 heavy (non-hydrogen) atoms. The third kappa shape index (κ3) is 6.31. The average molecular weight is 301 g/mol. The van der Waals surface area contributed by atoms with Gasteiger partial charge in [-0.25, -0.2) is 9.59 Å². The van der Waals surface area contributed by atoms with Gasteiger partial charge in [-0.05, 0) is 20.3 Å². The molecule has 0 bridgehead atoms. The van der Waals surface area contributed by atoms with Crippen molar-refractivity contribution >= 4 is 12.0 Å². The van der Waals surface area contributed by atoms with Gasteiger partial charge in [0.2, 0.25) is 0 Å². The summed E-state index contributed by atoms with van der Waals surface area (Å²) in [5.74, 6) is -0.995. The molecule has 0 saturated carbocycles. The lowest BCUT2D eigenvalue weighted by Crippen LogP contribution is -2.56. The third-order valence-corrected chi connectivity index (χ3v) is 3.44. The SMILES string of the molecule is CCCC(NC(=O)N1CCN(CC(C)(C)O)CC1)C(=O)O. The molecular weight excluding hydrogens is 274 g/mol. The van der Waals surface area contributed by atoms with Crippen LogP contribution in [-0.2, 0) is 4.79 Å². The second-order valence-corrected chi connectivity index (χ2v) is 6.20. The second-order valence-electron chi connectivity index (χ2n) is 6.20. The summed E-state index contributed by atoms with van der Waals surface area (Å²) in [6.07, 6.45) is 1.14. The van der Waals surface area contributed by atoms with Crippen molar-refractivity contribution < 1.29 is 19.8 Å². The molecule has 1 heterocycles. The Bertz CT molecular complexity index is 360. The van der Waals surface area contributed by atoms with Crippen molar-refractivity contribution in [3.8, 4) is 0 Å². The molecule has 0 aromatic carbocycles. The van der Waals surface area contributed by atoms with Crippen molar-refractivity contribution in [1.29, 1.82) is 0 Å². The first-order valence-electron chi connectivity index (χ1n) is 7.46. The van der Waals surface area contributed by atoms with Crippen LogP contribution in [0.1, 0.15) is 33.6 Å². The van der Waals surface area contributed by atoms with Crippen LogP contribution in [0, 0.1) is 0 Å². The van der Waals surface area contributed by atoms with Crippen LogP contribution in [0.2, 0.25) is 0 Å². The molecule has 7 heteroatoms. The lowest BCUT2D eigenvalue weighted by atomic mass is 10.1. The van der Waals surface area contributed by atoms with E-state index in [1.54, 1.807) is 18.7 Å². The Labute approximate surface area is 125 Å². The number of hydrogen-bond acceptors (Lipinski definition) is 4. The Balaban J connectivity index is 2.42. The highest BCUT2D eigenvalue weighted by atomic mass is 16.4. The summed E-state index contributed by atoms with van der Waals surface area (Å²) in [6.45, 7) is 8.42. The number of nitrogens with one attached hydrogen (secondary N) is 1. The van der Waals surface area contributed by atoms with Crippen molar-refractivity contribution in [2.24, 2.45) is 0 Å². The number of amides is 2. The number of aliphatic carboxylic acids is 1. The maximum Gasteiger partial charge on any atom is 0.326 e. The normalized spacial score (nSPS) is 18.4. The minimum atomic E-state index is -0.995. The molecule has 1 atom stereocenters. The van der Waals surface area contributed by atoms with Crippen molar-refractivity contribution in [2.75, 3.05) is 32.7 Å². The monoisotopic (exact) mass is 301 g/mol. The number of piperazine rings is 1. The van der Waals surface area contributed by atoms with Crippen molar-refractivity contribution in [2.45, 2.75) is 45.3 Å². The van der Waals surface area contributed by atoms with E-state index in [1.165, 1.54) is 0 Å². The van der Waals surface area contributed by atoms with Gasteiger partial charge in [0.05, 0.1) is 5.60 Å². The Morgan fingerprint density at radius 1 is 1.24 bits per heavy atom. The van der Waals surface area contributed by atoms with Gasteiger partial charge in [-0.3, -0.25) is 4.90 Å². The number of rotatable bonds is 6. The Morgan fingerprint density at radius 3 is 2.24 bits per heavy atom. The zero-order valence-electron chi connectivity index (χ0n) is 13.1. The van der Waals surface area contributed by atoms with Gasteiger partial charge in [0, 0.05) is 32.7 Å². The van der Waals surface area contributed by atoms with Crippen LogP contribution in [0.3, 0.4) is 0 Å². The number of carboxylic acid groups (broad SMARTS) is 1. The average Bonchev–Trinajstić information content (AvgIpc) is 2.36. The standard InChI is InChI=1S/C14H27N3O4/c1-4-5-11(12(18)19)15-13(20)17-8-6-16(7-9-17)10-14(2,3)21/h11,21H,4-10H2,1-3H3,(H,15,20)(H,18,19). The molecule has 1 fully saturated rings. The van der Waals surface area contributed by atoms with Crippen molar-refractivity contribution in [3.05, 3.63) is 0 Å². The van der Waals surface area contributed by atoms with Gasteiger partial charge in [0.1, 0.15) is 6.04 Å². The first-order valence-corrected chi connectivity index (χ1v) is 7.46. The van der Waals surface area contributed by atoms with Gasteiger partial charge in [-0.2, -0.15) is 0 Å². The van der Waals surface area contributed by atoms with Crippen LogP contribution in [0.25, 0.3) is 0 Å². The molecule has 0 aromatic rings. The topological polar surface area (TPSA) is 93.1 Å². The maximum absolute atomic E-state index is 12.1. The van der Waals surface area contributed by atoms with E-state index >= 15 is 0 Å². The molecule has 1 aliphatic rings. The molecule has 0 radical (unpaired) electrons. The molecule has 1 rings (SSSR count). The number of β-amino-alcohol motifs (C(OH)–C–C–N with tert-alkyl or cyclic N) is 1. The highest BCUT2D eigenvalue weighted by Crippen LogP contribution is 2.09. The Kier molecular flexibility index (Phi) is 6.42. The number of carbonyl (C=O) groups excluding carboxylic acids is 1. The van der Waals surface area contributed by atoms with Crippen LogP contribution in [-0.4, -0.2) is 76.4 Å². The molecule has 3 N–H and O–H groups in total. The lowest BCUT2D eigenvalue weighted by Gasteiger charge is -2.37. The number of carboxylic acids is 1. The molecule has 1 unspecified atom stereocenters. The minimum absolute atomic E-state index is 0.321. The fourth-order valence-corrected chi connectivity index (χ4v) is 2.44. The fraction of sp³-hybridized carbons (Fsp3) is 0.857. The number of carbonyl (C=O) groups is 2. The van der Waals surface area contributed by atoms with Crippen molar-refractivity contribution in [1.82, 2.24) is 15.1 Å². The molecule has 0 aromatic heterocycles. The summed E-state index contributed by atoms with van der Waals surface area (Å²) in [7, 11) is 0. The van der Waals surface area contributed by atoms with E-state index in [4.69, 9.17) is 5.11 Å². The molecule has 0 aliphatic carbocycles. The first kappa shape index (κ1) is 17.7. The molecule has 2 amide bonds. The lowest BCUT2D eigenvalue weighted by molar-refractivity contribution is -0.139. The Morgan fingerprint density at radius 2 is 1.81 bits per heavy atom. The second kappa shape index (κ2) is 7.61. The van der Waals surface area contributed by atoms with Crippen LogP contribution >= 0.6 is 0 Å². The van der Waals surface area contributed by atoms with E-state index in [0.29, 0.717) is 45.6 Å². The summed E-state index contributed by atoms with van der Waals surface area (Å²) in [5, 5.41) is 21.4. The largest absolute Gasteiger partial charge is 0.480 e. The fourth-order valence-electron chi connectivity index (χ4n) is 2.44. The highest BCUT2D eigenvalue weighted by molar-refractivity contribution is 5.82. The van der Waals surface area contributed by atoms with Crippen LogP contribution in [0.5, 0.6) is 0 Å². The van der Waals surface area contributed by atoms with E-state index < -0.39 is 17.6 Å². The van der Waals surface area contributed by atoms with Crippen LogP contribution in [0.4, 0.5) is 4.79 Å². The minimum Gasteiger partial charge on any atom is -0.480 e. The van der Waals surface area contributed by atoms with E-state index in [0.717, 1.165) is 0 Å². The van der Waals surface area contributed by atoms with E-state index in [1.807, 2.05) is 6.92 Å². The number of hydrogen-bond donors (Lipinski definition) is 3. The van der Waals surface area contributed by atoms with Gasteiger partial charge < -0.3 is 20.4 Å². The van der Waals surface area contributed by atoms with E-state index in [2.05, 4.69) is 10.2 Å². The van der Waals surface area contributed by atoms with Crippen LogP contribution in [0.15, 0.2) is 0 Å². The summed E-state index contributed by atoms with van der Waals surface area (Å²) in [6, 6.07) is -1.14. The van der Waals surface area contributed by atoms with Crippen molar-refractivity contribution in [3.63, 3.8) is 0 Å². The molecule has 122 valence electrons. The summed E-state index contributed by atoms with van der Waals surface area (Å²) >= 11 is 0. The summed E-state index contributed by atoms with van der Waals surface area (Å²) in [5.41, 5.74) is -0.750. The van der Waals surface area contributed by atoms with Crippen LogP contribution < -0.4 is 5.32 Å². The smallest absolute Gasteiger partial charge is 0.326 e. The number of nitrogens with zero attached hydrogens (tertiary/aromatic N) is 2. The van der Waals surface area contributed by atoms with E-state index in [-0.39, 0.29) is 6.03 Å². The van der Waals surface area contributed by atoms with Gasteiger partial charge in [-0.15, -0.1) is 0 Å². The maximum atomic E-state index is 12.1. The highest BCUT2D eigenvalue weighted by Gasteiger charge is 2.27.